The fourth-order valence-corrected chi connectivity index (χ4v) is 4.15. The minimum Gasteiger partial charge on any atom is -0.490 e. The molecule has 1 amide bonds. The van der Waals surface area contributed by atoms with E-state index in [9.17, 15) is 18.0 Å². The molecular formula is C22H24N2O5S. The van der Waals surface area contributed by atoms with Crippen LogP contribution in [0.4, 0.5) is 11.4 Å². The van der Waals surface area contributed by atoms with E-state index in [4.69, 9.17) is 4.74 Å². The van der Waals surface area contributed by atoms with Crippen LogP contribution in [0.2, 0.25) is 0 Å². The number of anilines is 2. The van der Waals surface area contributed by atoms with Gasteiger partial charge in [-0.25, -0.2) is 8.42 Å². The van der Waals surface area contributed by atoms with E-state index in [1.165, 1.54) is 36.1 Å². The smallest absolute Gasteiger partial charge is 0.261 e. The molecule has 30 heavy (non-hydrogen) atoms. The molecule has 0 aromatic heterocycles. The molecule has 0 unspecified atom stereocenters. The molecule has 7 nitrogen and oxygen atoms in total. The van der Waals surface area contributed by atoms with E-state index >= 15 is 0 Å². The molecule has 1 aliphatic heterocycles. The van der Waals surface area contributed by atoms with Gasteiger partial charge in [-0.15, -0.1) is 6.58 Å². The largest absolute Gasteiger partial charge is 0.490 e. The third-order valence-corrected chi connectivity index (χ3v) is 6.19. The Balaban J connectivity index is 1.95. The quantitative estimate of drug-likeness (QED) is 0.560. The second kappa shape index (κ2) is 7.95. The second-order valence-corrected chi connectivity index (χ2v) is 9.43. The first-order valence-electron chi connectivity index (χ1n) is 9.39. The number of ketones is 1. The predicted molar refractivity (Wildman–Crippen MR) is 116 cm³/mol. The fraction of sp³-hybridized carbons (Fsp3) is 0.273. The molecular weight excluding hydrogens is 404 g/mol. The van der Waals surface area contributed by atoms with E-state index in [2.05, 4.69) is 11.3 Å². The molecule has 0 bridgehead atoms. The van der Waals surface area contributed by atoms with Crippen molar-refractivity contribution in [1.82, 2.24) is 0 Å². The monoisotopic (exact) mass is 428 g/mol. The summed E-state index contributed by atoms with van der Waals surface area (Å²) in [6.07, 6.45) is 1.61. The van der Waals surface area contributed by atoms with Crippen LogP contribution in [-0.2, 0) is 14.8 Å². The molecule has 0 atom stereocenters. The van der Waals surface area contributed by atoms with Crippen LogP contribution in [0.3, 0.4) is 0 Å². The number of sulfonamides is 1. The summed E-state index contributed by atoms with van der Waals surface area (Å²) in [5, 5.41) is 0. The summed E-state index contributed by atoms with van der Waals surface area (Å²) in [7, 11) is -3.88. The Morgan fingerprint density at radius 1 is 1.23 bits per heavy atom. The van der Waals surface area contributed by atoms with Gasteiger partial charge in [0.05, 0.1) is 21.7 Å². The highest BCUT2D eigenvalue weighted by molar-refractivity contribution is 7.92. The zero-order chi connectivity index (χ0) is 22.1. The van der Waals surface area contributed by atoms with Crippen LogP contribution in [0.5, 0.6) is 5.75 Å². The molecule has 0 radical (unpaired) electrons. The average molecular weight is 429 g/mol. The second-order valence-electron chi connectivity index (χ2n) is 7.75. The van der Waals surface area contributed by atoms with Crippen LogP contribution in [-0.4, -0.2) is 33.3 Å². The standard InChI is InChI=1S/C22H24N2O5S/c1-5-12-24-19-13-17(8-11-20(19)29-14-22(3,4)21(24)26)23-30(27,28)18-9-6-16(7-10-18)15(2)25/h5-11,13,23H,1,12,14H2,2-4H3. The van der Waals surface area contributed by atoms with Crippen molar-refractivity contribution in [1.29, 1.82) is 0 Å². The van der Waals surface area contributed by atoms with Crippen LogP contribution < -0.4 is 14.4 Å². The van der Waals surface area contributed by atoms with Crippen molar-refractivity contribution >= 4 is 33.1 Å². The molecule has 1 heterocycles. The summed E-state index contributed by atoms with van der Waals surface area (Å²) in [4.78, 5) is 25.9. The van der Waals surface area contributed by atoms with Crippen molar-refractivity contribution in [2.24, 2.45) is 5.41 Å². The molecule has 0 spiro atoms. The summed E-state index contributed by atoms with van der Waals surface area (Å²) in [6.45, 7) is 9.19. The van der Waals surface area contributed by atoms with E-state index in [1.54, 1.807) is 38.1 Å². The van der Waals surface area contributed by atoms with Gasteiger partial charge < -0.3 is 9.64 Å². The molecule has 8 heteroatoms. The highest BCUT2D eigenvalue weighted by Crippen LogP contribution is 2.38. The van der Waals surface area contributed by atoms with Crippen molar-refractivity contribution in [2.75, 3.05) is 22.8 Å². The molecule has 158 valence electrons. The highest BCUT2D eigenvalue weighted by atomic mass is 32.2. The maximum atomic E-state index is 13.0. The SMILES string of the molecule is C=CCN1C(=O)C(C)(C)COc2ccc(NS(=O)(=O)c3ccc(C(C)=O)cc3)cc21. The minimum absolute atomic E-state index is 0.0267. The van der Waals surface area contributed by atoms with Gasteiger partial charge in [0.25, 0.3) is 10.0 Å². The van der Waals surface area contributed by atoms with Crippen molar-refractivity contribution in [2.45, 2.75) is 25.7 Å². The lowest BCUT2D eigenvalue weighted by atomic mass is 9.93. The number of nitrogens with one attached hydrogen (secondary N) is 1. The molecule has 0 saturated carbocycles. The van der Waals surface area contributed by atoms with Gasteiger partial charge in [-0.05, 0) is 51.1 Å². The fourth-order valence-electron chi connectivity index (χ4n) is 3.10. The van der Waals surface area contributed by atoms with Gasteiger partial charge in [0.15, 0.2) is 5.78 Å². The van der Waals surface area contributed by atoms with Crippen LogP contribution in [0, 0.1) is 5.41 Å². The number of carbonyl (C=O) groups is 2. The van der Waals surface area contributed by atoms with Gasteiger partial charge in [-0.2, -0.15) is 0 Å². The predicted octanol–water partition coefficient (Wildman–Crippen LogP) is 3.63. The Hall–Kier alpha value is -3.13. The third-order valence-electron chi connectivity index (χ3n) is 4.80. The van der Waals surface area contributed by atoms with Gasteiger partial charge in [-0.1, -0.05) is 18.2 Å². The molecule has 2 aromatic carbocycles. The van der Waals surface area contributed by atoms with Gasteiger partial charge >= 0.3 is 0 Å². The number of amides is 1. The van der Waals surface area contributed by atoms with E-state index in [0.717, 1.165) is 0 Å². The van der Waals surface area contributed by atoms with Crippen molar-refractivity contribution in [3.63, 3.8) is 0 Å². The zero-order valence-electron chi connectivity index (χ0n) is 17.1. The normalized spacial score (nSPS) is 15.6. The number of fused-ring (bicyclic) bond motifs is 1. The molecule has 0 fully saturated rings. The van der Waals surface area contributed by atoms with Crippen LogP contribution in [0.1, 0.15) is 31.1 Å². The van der Waals surface area contributed by atoms with Crippen LogP contribution in [0.25, 0.3) is 0 Å². The number of Topliss-reactive ketones (excluding diaryl/α,β-unsaturated/α-hetero) is 1. The molecule has 1 N–H and O–H groups in total. The Morgan fingerprint density at radius 2 is 1.90 bits per heavy atom. The van der Waals surface area contributed by atoms with Crippen molar-refractivity contribution in [3.05, 3.63) is 60.7 Å². The third kappa shape index (κ3) is 4.23. The van der Waals surface area contributed by atoms with Crippen molar-refractivity contribution in [3.8, 4) is 5.75 Å². The number of benzene rings is 2. The Kier molecular flexibility index (Phi) is 5.72. The summed E-state index contributed by atoms with van der Waals surface area (Å²) >= 11 is 0. The van der Waals surface area contributed by atoms with E-state index < -0.39 is 15.4 Å². The number of hydrogen-bond donors (Lipinski definition) is 1. The van der Waals surface area contributed by atoms with Gasteiger partial charge in [-0.3, -0.25) is 14.3 Å². The van der Waals surface area contributed by atoms with Gasteiger partial charge in [0.1, 0.15) is 12.4 Å². The summed E-state index contributed by atoms with van der Waals surface area (Å²) in [5.74, 6) is 0.207. The highest BCUT2D eigenvalue weighted by Gasteiger charge is 2.37. The van der Waals surface area contributed by atoms with E-state index in [0.29, 0.717) is 17.0 Å². The molecule has 0 saturated heterocycles. The van der Waals surface area contributed by atoms with Crippen LogP contribution in [0.15, 0.2) is 60.0 Å². The maximum absolute atomic E-state index is 13.0. The number of carbonyl (C=O) groups excluding carboxylic acids is 2. The lowest BCUT2D eigenvalue weighted by Crippen LogP contribution is -2.42. The van der Waals surface area contributed by atoms with Gasteiger partial charge in [0.2, 0.25) is 5.91 Å². The summed E-state index contributed by atoms with van der Waals surface area (Å²) in [6, 6.07) is 10.5. The first kappa shape index (κ1) is 21.6. The minimum atomic E-state index is -3.88. The number of hydrogen-bond acceptors (Lipinski definition) is 5. The Morgan fingerprint density at radius 3 is 2.50 bits per heavy atom. The van der Waals surface area contributed by atoms with Crippen molar-refractivity contribution < 1.29 is 22.7 Å². The molecule has 0 aliphatic carbocycles. The van der Waals surface area contributed by atoms with E-state index in [1.807, 2.05) is 0 Å². The lowest BCUT2D eigenvalue weighted by molar-refractivity contribution is -0.127. The first-order valence-corrected chi connectivity index (χ1v) is 10.9. The first-order chi connectivity index (χ1) is 14.0. The van der Waals surface area contributed by atoms with Gasteiger partial charge in [0, 0.05) is 12.1 Å². The Bertz CT molecular complexity index is 1100. The van der Waals surface area contributed by atoms with E-state index in [-0.39, 0.29) is 35.4 Å². The zero-order valence-corrected chi connectivity index (χ0v) is 18.0. The van der Waals surface area contributed by atoms with Crippen LogP contribution >= 0.6 is 0 Å². The number of rotatable bonds is 6. The Labute approximate surface area is 176 Å². The summed E-state index contributed by atoms with van der Waals surface area (Å²) < 4.78 is 33.9. The topological polar surface area (TPSA) is 92.8 Å². The number of ether oxygens (including phenoxy) is 1. The average Bonchev–Trinajstić information content (AvgIpc) is 2.78. The molecule has 2 aromatic rings. The maximum Gasteiger partial charge on any atom is 0.261 e. The molecule has 3 rings (SSSR count). The lowest BCUT2D eigenvalue weighted by Gasteiger charge is -2.27. The number of nitrogens with zero attached hydrogens (tertiary/aromatic N) is 1. The molecule has 1 aliphatic rings. The summed E-state index contributed by atoms with van der Waals surface area (Å²) in [5.41, 5.74) is 0.449.